The molecule has 1 rings (SSSR count). The van der Waals surface area contributed by atoms with Crippen molar-refractivity contribution >= 4 is 5.91 Å². The van der Waals surface area contributed by atoms with Crippen LogP contribution in [-0.4, -0.2) is 30.9 Å². The van der Waals surface area contributed by atoms with Crippen LogP contribution < -0.4 is 5.73 Å². The first-order chi connectivity index (χ1) is 8.08. The summed E-state index contributed by atoms with van der Waals surface area (Å²) in [6, 6.07) is 0. The highest BCUT2D eigenvalue weighted by Crippen LogP contribution is 2.29. The molecule has 3 unspecified atom stereocenters. The molecular weight excluding hydrogens is 212 g/mol. The normalized spacial score (nSPS) is 26.6. The van der Waals surface area contributed by atoms with E-state index >= 15 is 0 Å². The Labute approximate surface area is 106 Å². The number of nitrogens with zero attached hydrogens (tertiary/aromatic N) is 1. The van der Waals surface area contributed by atoms with Gasteiger partial charge in [-0.25, -0.2) is 0 Å². The fourth-order valence-electron chi connectivity index (χ4n) is 2.73. The molecule has 0 aromatic rings. The van der Waals surface area contributed by atoms with E-state index < -0.39 is 0 Å². The van der Waals surface area contributed by atoms with Gasteiger partial charge in [-0.2, -0.15) is 0 Å². The van der Waals surface area contributed by atoms with E-state index in [-0.39, 0.29) is 5.92 Å². The second-order valence-corrected chi connectivity index (χ2v) is 5.70. The Morgan fingerprint density at radius 3 is 2.76 bits per heavy atom. The smallest absolute Gasteiger partial charge is 0.225 e. The molecular formula is C14H28N2O. The van der Waals surface area contributed by atoms with Gasteiger partial charge in [0.05, 0.1) is 0 Å². The van der Waals surface area contributed by atoms with Crippen molar-refractivity contribution in [3.05, 3.63) is 0 Å². The Morgan fingerprint density at radius 1 is 1.47 bits per heavy atom. The van der Waals surface area contributed by atoms with Crippen LogP contribution in [0.1, 0.15) is 46.0 Å². The number of nitrogens with two attached hydrogens (primary N) is 1. The largest absolute Gasteiger partial charge is 0.345 e. The third-order valence-electron chi connectivity index (χ3n) is 4.12. The zero-order valence-corrected chi connectivity index (χ0v) is 11.6. The van der Waals surface area contributed by atoms with Gasteiger partial charge in [-0.05, 0) is 37.6 Å². The van der Waals surface area contributed by atoms with Gasteiger partial charge < -0.3 is 10.6 Å². The van der Waals surface area contributed by atoms with Crippen LogP contribution in [0.4, 0.5) is 0 Å². The molecule has 1 amide bonds. The highest BCUT2D eigenvalue weighted by Gasteiger charge is 2.28. The van der Waals surface area contributed by atoms with Crippen LogP contribution in [0.2, 0.25) is 0 Å². The van der Waals surface area contributed by atoms with Crippen LogP contribution in [0.25, 0.3) is 0 Å². The molecule has 0 saturated heterocycles. The number of hydrogen-bond donors (Lipinski definition) is 1. The summed E-state index contributed by atoms with van der Waals surface area (Å²) in [7, 11) is 1.94. The first-order valence-electron chi connectivity index (χ1n) is 7.03. The van der Waals surface area contributed by atoms with Crippen LogP contribution in [-0.2, 0) is 4.79 Å². The van der Waals surface area contributed by atoms with Crippen molar-refractivity contribution < 1.29 is 4.79 Å². The van der Waals surface area contributed by atoms with E-state index in [0.29, 0.717) is 17.7 Å². The van der Waals surface area contributed by atoms with Crippen molar-refractivity contribution in [2.24, 2.45) is 23.5 Å². The monoisotopic (exact) mass is 240 g/mol. The van der Waals surface area contributed by atoms with E-state index in [4.69, 9.17) is 5.73 Å². The molecule has 0 bridgehead atoms. The van der Waals surface area contributed by atoms with Crippen LogP contribution in [0, 0.1) is 17.8 Å². The second kappa shape index (κ2) is 7.00. The summed E-state index contributed by atoms with van der Waals surface area (Å²) in [5.74, 6) is 1.72. The molecule has 1 saturated carbocycles. The van der Waals surface area contributed by atoms with E-state index in [1.54, 1.807) is 0 Å². The lowest BCUT2D eigenvalue weighted by molar-refractivity contribution is -0.136. The average Bonchev–Trinajstić information content (AvgIpc) is 2.37. The standard InChI is InChI=1S/C14H28N2O/c1-4-11(2)10-16(3)14(17)13-7-5-6-12(8-13)9-15/h11-13H,4-10,15H2,1-3H3. The first-order valence-corrected chi connectivity index (χ1v) is 7.03. The molecule has 0 heterocycles. The van der Waals surface area contributed by atoms with Crippen molar-refractivity contribution in [3.8, 4) is 0 Å². The van der Waals surface area contributed by atoms with E-state index in [1.165, 1.54) is 6.42 Å². The molecule has 0 radical (unpaired) electrons. The van der Waals surface area contributed by atoms with Crippen LogP contribution >= 0.6 is 0 Å². The molecule has 1 aliphatic rings. The summed E-state index contributed by atoms with van der Waals surface area (Å²) in [5.41, 5.74) is 5.72. The maximum atomic E-state index is 12.3. The van der Waals surface area contributed by atoms with Crippen molar-refractivity contribution in [2.45, 2.75) is 46.0 Å². The second-order valence-electron chi connectivity index (χ2n) is 5.70. The quantitative estimate of drug-likeness (QED) is 0.801. The highest BCUT2D eigenvalue weighted by atomic mass is 16.2. The topological polar surface area (TPSA) is 46.3 Å². The average molecular weight is 240 g/mol. The number of carbonyl (C=O) groups excluding carboxylic acids is 1. The van der Waals surface area contributed by atoms with Gasteiger partial charge >= 0.3 is 0 Å². The lowest BCUT2D eigenvalue weighted by Gasteiger charge is -2.31. The number of carbonyl (C=O) groups is 1. The van der Waals surface area contributed by atoms with Crippen molar-refractivity contribution in [2.75, 3.05) is 20.1 Å². The SMILES string of the molecule is CCC(C)CN(C)C(=O)C1CCCC(CN)C1. The van der Waals surface area contributed by atoms with Gasteiger partial charge in [0.25, 0.3) is 0 Å². The number of amides is 1. The first kappa shape index (κ1) is 14.5. The van der Waals surface area contributed by atoms with Gasteiger partial charge in [0.15, 0.2) is 0 Å². The summed E-state index contributed by atoms with van der Waals surface area (Å²) in [6.45, 7) is 6.00. The Kier molecular flexibility index (Phi) is 5.96. The van der Waals surface area contributed by atoms with Crippen molar-refractivity contribution in [1.82, 2.24) is 4.90 Å². The molecule has 17 heavy (non-hydrogen) atoms. The summed E-state index contributed by atoms with van der Waals surface area (Å²) in [4.78, 5) is 14.2. The minimum Gasteiger partial charge on any atom is -0.345 e. The van der Waals surface area contributed by atoms with E-state index in [9.17, 15) is 4.79 Å². The maximum Gasteiger partial charge on any atom is 0.225 e. The predicted octanol–water partition coefficient (Wildman–Crippen LogP) is 2.26. The fraction of sp³-hybridized carbons (Fsp3) is 0.929. The molecule has 2 N–H and O–H groups in total. The van der Waals surface area contributed by atoms with E-state index in [0.717, 1.165) is 38.8 Å². The molecule has 0 aromatic heterocycles. The van der Waals surface area contributed by atoms with Crippen molar-refractivity contribution in [3.63, 3.8) is 0 Å². The molecule has 1 fully saturated rings. The summed E-state index contributed by atoms with van der Waals surface area (Å²) in [6.07, 6.45) is 5.55. The van der Waals surface area contributed by atoms with Gasteiger partial charge in [-0.1, -0.05) is 26.7 Å². The highest BCUT2D eigenvalue weighted by molar-refractivity contribution is 5.78. The van der Waals surface area contributed by atoms with Crippen LogP contribution in [0.15, 0.2) is 0 Å². The van der Waals surface area contributed by atoms with E-state index in [2.05, 4.69) is 13.8 Å². The molecule has 100 valence electrons. The zero-order valence-electron chi connectivity index (χ0n) is 11.6. The molecule has 0 spiro atoms. The Bertz CT molecular complexity index is 242. The summed E-state index contributed by atoms with van der Waals surface area (Å²) >= 11 is 0. The van der Waals surface area contributed by atoms with Gasteiger partial charge in [0, 0.05) is 19.5 Å². The molecule has 0 aromatic carbocycles. The van der Waals surface area contributed by atoms with Gasteiger partial charge in [-0.3, -0.25) is 4.79 Å². The Morgan fingerprint density at radius 2 is 2.18 bits per heavy atom. The number of hydrogen-bond acceptors (Lipinski definition) is 2. The summed E-state index contributed by atoms with van der Waals surface area (Å²) in [5, 5.41) is 0. The Balaban J connectivity index is 2.45. The lowest BCUT2D eigenvalue weighted by Crippen LogP contribution is -2.38. The zero-order chi connectivity index (χ0) is 12.8. The summed E-state index contributed by atoms with van der Waals surface area (Å²) < 4.78 is 0. The van der Waals surface area contributed by atoms with Crippen LogP contribution in [0.5, 0.6) is 0 Å². The third-order valence-corrected chi connectivity index (χ3v) is 4.12. The minimum atomic E-state index is 0.228. The molecule has 3 nitrogen and oxygen atoms in total. The predicted molar refractivity (Wildman–Crippen MR) is 71.6 cm³/mol. The van der Waals surface area contributed by atoms with Crippen LogP contribution in [0.3, 0.4) is 0 Å². The molecule has 3 heteroatoms. The molecule has 3 atom stereocenters. The number of rotatable bonds is 5. The fourth-order valence-corrected chi connectivity index (χ4v) is 2.73. The van der Waals surface area contributed by atoms with Gasteiger partial charge in [0.2, 0.25) is 5.91 Å². The van der Waals surface area contributed by atoms with Gasteiger partial charge in [-0.15, -0.1) is 0 Å². The molecule has 0 aliphatic heterocycles. The maximum absolute atomic E-state index is 12.3. The third kappa shape index (κ3) is 4.30. The van der Waals surface area contributed by atoms with E-state index in [1.807, 2.05) is 11.9 Å². The minimum absolute atomic E-state index is 0.228. The Hall–Kier alpha value is -0.570. The van der Waals surface area contributed by atoms with Crippen molar-refractivity contribution in [1.29, 1.82) is 0 Å². The molecule has 1 aliphatic carbocycles. The lowest BCUT2D eigenvalue weighted by atomic mass is 9.80. The van der Waals surface area contributed by atoms with Gasteiger partial charge in [0.1, 0.15) is 0 Å².